The van der Waals surface area contributed by atoms with Crippen LogP contribution in [0.5, 0.6) is 0 Å². The van der Waals surface area contributed by atoms with Crippen molar-refractivity contribution in [3.63, 3.8) is 0 Å². The molecular weight excluding hydrogens is 319 g/mol. The second kappa shape index (κ2) is 4.99. The Balaban J connectivity index is 2.37. The predicted octanol–water partition coefficient (Wildman–Crippen LogP) is 3.90. The lowest BCUT2D eigenvalue weighted by molar-refractivity contribution is -0.139. The van der Waals surface area contributed by atoms with E-state index in [0.29, 0.717) is 22.4 Å². The first-order valence-electron chi connectivity index (χ1n) is 6.00. The Morgan fingerprint density at radius 3 is 2.76 bits per heavy atom. The van der Waals surface area contributed by atoms with E-state index >= 15 is 0 Å². The zero-order chi connectivity index (χ0) is 15.2. The highest BCUT2D eigenvalue weighted by atomic mass is 32.2. The monoisotopic (exact) mass is 327 g/mol. The number of allylic oxidation sites excluding steroid dienone is 4. The summed E-state index contributed by atoms with van der Waals surface area (Å²) >= 11 is 5.26. The number of thiocarbonyl (C=S) groups is 1. The molecule has 0 bridgehead atoms. The molecule has 1 aromatic carbocycles. The first-order valence-corrected chi connectivity index (χ1v) is 7.51. The molecule has 2 nitrogen and oxygen atoms in total. The van der Waals surface area contributed by atoms with Crippen LogP contribution in [0.3, 0.4) is 0 Å². The molecule has 0 N–H and O–H groups in total. The lowest BCUT2D eigenvalue weighted by atomic mass is 9.91. The summed E-state index contributed by atoms with van der Waals surface area (Å²) in [6.45, 7) is 0. The summed E-state index contributed by atoms with van der Waals surface area (Å²) in [6, 6.07) is 3.73. The Morgan fingerprint density at radius 2 is 2.05 bits per heavy atom. The van der Waals surface area contributed by atoms with Gasteiger partial charge in [-0.15, -0.1) is 0 Å². The van der Waals surface area contributed by atoms with Crippen LogP contribution in [0.1, 0.15) is 17.5 Å². The summed E-state index contributed by atoms with van der Waals surface area (Å²) < 4.78 is 55.3. The molecule has 0 amide bonds. The van der Waals surface area contributed by atoms with Crippen LogP contribution in [0.25, 0.3) is 5.57 Å². The second-order valence-electron chi connectivity index (χ2n) is 4.52. The van der Waals surface area contributed by atoms with Crippen LogP contribution in [0.4, 0.5) is 13.2 Å². The van der Waals surface area contributed by atoms with Crippen molar-refractivity contribution < 1.29 is 17.4 Å². The van der Waals surface area contributed by atoms with E-state index in [1.807, 2.05) is 6.08 Å². The molecule has 21 heavy (non-hydrogen) atoms. The molecule has 0 spiro atoms. The number of rotatable bonds is 0. The van der Waals surface area contributed by atoms with Gasteiger partial charge in [0.2, 0.25) is 0 Å². The average Bonchev–Trinajstić information content (AvgIpc) is 2.56. The molecule has 0 aromatic heterocycles. The molecule has 1 heterocycles. The van der Waals surface area contributed by atoms with Gasteiger partial charge in [0.25, 0.3) is 0 Å². The van der Waals surface area contributed by atoms with E-state index < -0.39 is 22.7 Å². The summed E-state index contributed by atoms with van der Waals surface area (Å²) in [5.74, 6) is 0. The van der Waals surface area contributed by atoms with Gasteiger partial charge in [-0.2, -0.15) is 17.6 Å². The van der Waals surface area contributed by atoms with Crippen LogP contribution >= 0.6 is 12.2 Å². The van der Waals surface area contributed by atoms with Gasteiger partial charge in [-0.3, -0.25) is 0 Å². The van der Waals surface area contributed by atoms with Crippen molar-refractivity contribution in [2.75, 3.05) is 0 Å². The molecule has 0 radical (unpaired) electrons. The molecule has 7 heteroatoms. The molecule has 1 unspecified atom stereocenters. The second-order valence-corrected chi connectivity index (χ2v) is 6.13. The molecule has 0 saturated heterocycles. The number of alkyl halides is 3. The fourth-order valence-electron chi connectivity index (χ4n) is 2.36. The van der Waals surface area contributed by atoms with E-state index in [9.17, 15) is 17.4 Å². The number of benzene rings is 1. The van der Waals surface area contributed by atoms with Crippen LogP contribution in [0.2, 0.25) is 0 Å². The van der Waals surface area contributed by atoms with Crippen molar-refractivity contribution in [2.45, 2.75) is 17.5 Å². The van der Waals surface area contributed by atoms with Crippen LogP contribution in [-0.4, -0.2) is 15.3 Å². The minimum Gasteiger partial charge on any atom is -0.229 e. The van der Waals surface area contributed by atoms with Crippen LogP contribution < -0.4 is 0 Å². The maximum atomic E-state index is 13.2. The highest BCUT2D eigenvalue weighted by Crippen LogP contribution is 2.40. The van der Waals surface area contributed by atoms with E-state index in [2.05, 4.69) is 4.40 Å². The van der Waals surface area contributed by atoms with Gasteiger partial charge in [-0.05, 0) is 6.07 Å². The maximum absolute atomic E-state index is 13.2. The first kappa shape index (κ1) is 14.3. The van der Waals surface area contributed by atoms with E-state index in [-0.39, 0.29) is 10.5 Å². The molecule has 1 aliphatic heterocycles. The normalized spacial score (nSPS) is 21.1. The van der Waals surface area contributed by atoms with Crippen molar-refractivity contribution in [1.82, 2.24) is 0 Å². The van der Waals surface area contributed by atoms with Gasteiger partial charge >= 0.3 is 6.18 Å². The average molecular weight is 327 g/mol. The van der Waals surface area contributed by atoms with E-state index in [4.69, 9.17) is 12.2 Å². The summed E-state index contributed by atoms with van der Waals surface area (Å²) in [5.41, 5.74) is 0.437. The van der Waals surface area contributed by atoms with E-state index in [0.717, 1.165) is 6.07 Å². The third-order valence-corrected chi connectivity index (χ3v) is 4.68. The topological polar surface area (TPSA) is 29.4 Å². The Labute approximate surface area is 126 Å². The number of nitrogens with zero attached hydrogens (tertiary/aromatic N) is 1. The lowest BCUT2D eigenvalue weighted by Gasteiger charge is -2.18. The third kappa shape index (κ3) is 2.40. The summed E-state index contributed by atoms with van der Waals surface area (Å²) in [6.07, 6.45) is 0.765. The smallest absolute Gasteiger partial charge is 0.229 e. The highest BCUT2D eigenvalue weighted by Gasteiger charge is 2.37. The summed E-state index contributed by atoms with van der Waals surface area (Å²) in [4.78, 5) is 0.210. The zero-order valence-electron chi connectivity index (χ0n) is 10.5. The zero-order valence-corrected chi connectivity index (χ0v) is 12.1. The lowest BCUT2D eigenvalue weighted by Crippen LogP contribution is -2.13. The SMILES string of the molecule is O=S1N=CC2=C(C(=S)CC=C2)c2cccc(C(F)(F)F)c21. The van der Waals surface area contributed by atoms with Crippen molar-refractivity contribution in [3.8, 4) is 0 Å². The number of hydrogen-bond acceptors (Lipinski definition) is 2. The quantitative estimate of drug-likeness (QED) is 0.677. The molecule has 2 aliphatic rings. The molecular formula is C14H8F3NOS2. The minimum absolute atomic E-state index is 0.255. The fourth-order valence-corrected chi connectivity index (χ4v) is 3.72. The number of halogens is 3. The maximum Gasteiger partial charge on any atom is 0.417 e. The summed E-state index contributed by atoms with van der Waals surface area (Å²) in [7, 11) is -2.11. The van der Waals surface area contributed by atoms with Crippen molar-refractivity contribution in [1.29, 1.82) is 0 Å². The van der Waals surface area contributed by atoms with Gasteiger partial charge < -0.3 is 0 Å². The van der Waals surface area contributed by atoms with Crippen LogP contribution in [-0.2, 0) is 17.2 Å². The van der Waals surface area contributed by atoms with Crippen molar-refractivity contribution in [3.05, 3.63) is 47.1 Å². The number of fused-ring (bicyclic) bond motifs is 2. The van der Waals surface area contributed by atoms with Gasteiger partial charge in [0.05, 0.1) is 10.5 Å². The molecule has 1 aromatic rings. The Hall–Kier alpha value is -1.60. The Kier molecular flexibility index (Phi) is 3.41. The molecule has 1 atom stereocenters. The molecule has 0 fully saturated rings. The van der Waals surface area contributed by atoms with Crippen molar-refractivity contribution >= 4 is 39.9 Å². The van der Waals surface area contributed by atoms with Gasteiger partial charge in [-0.25, -0.2) is 4.21 Å². The molecule has 1 aliphatic carbocycles. The van der Waals surface area contributed by atoms with E-state index in [1.54, 1.807) is 6.08 Å². The standard InChI is InChI=1S/C14H8F3NOS2/c15-14(16,17)10-5-2-4-9-12-8(3-1-6-11(12)20)7-18-21(19)13(9)10/h1-5,7H,6H2. The predicted molar refractivity (Wildman–Crippen MR) is 79.6 cm³/mol. The molecule has 108 valence electrons. The van der Waals surface area contributed by atoms with Gasteiger partial charge in [0.1, 0.15) is 0 Å². The van der Waals surface area contributed by atoms with E-state index in [1.165, 1.54) is 18.3 Å². The number of hydrogen-bond donors (Lipinski definition) is 0. The van der Waals surface area contributed by atoms with Crippen LogP contribution in [0, 0.1) is 0 Å². The van der Waals surface area contributed by atoms with Gasteiger partial charge in [-0.1, -0.05) is 36.5 Å². The Bertz CT molecular complexity index is 760. The van der Waals surface area contributed by atoms with Crippen molar-refractivity contribution in [2.24, 2.45) is 4.40 Å². The third-order valence-electron chi connectivity index (χ3n) is 3.22. The van der Waals surface area contributed by atoms with Crippen LogP contribution in [0.15, 0.2) is 45.2 Å². The van der Waals surface area contributed by atoms with Gasteiger partial charge in [0.15, 0.2) is 11.0 Å². The first-order chi connectivity index (χ1) is 9.89. The fraction of sp³-hybridized carbons (Fsp3) is 0.143. The minimum atomic E-state index is -4.59. The molecule has 0 saturated carbocycles. The largest absolute Gasteiger partial charge is 0.417 e. The van der Waals surface area contributed by atoms with Gasteiger partial charge in [0, 0.05) is 34.2 Å². The Morgan fingerprint density at radius 1 is 1.29 bits per heavy atom. The molecule has 3 rings (SSSR count). The summed E-state index contributed by atoms with van der Waals surface area (Å²) in [5, 5.41) is 0. The highest BCUT2D eigenvalue weighted by molar-refractivity contribution is 7.84.